The van der Waals surface area contributed by atoms with Gasteiger partial charge in [-0.2, -0.15) is 10.1 Å². The van der Waals surface area contributed by atoms with Crippen molar-refractivity contribution in [1.82, 2.24) is 30.0 Å². The summed E-state index contributed by atoms with van der Waals surface area (Å²) in [6, 6.07) is 7.13. The van der Waals surface area contributed by atoms with Crippen molar-refractivity contribution in [3.8, 4) is 16.9 Å². The number of rotatable bonds is 4. The van der Waals surface area contributed by atoms with Crippen LogP contribution in [0, 0.1) is 6.92 Å². The van der Waals surface area contributed by atoms with E-state index in [0.717, 1.165) is 76.3 Å². The number of benzene rings is 2. The summed E-state index contributed by atoms with van der Waals surface area (Å²) in [5.41, 5.74) is 4.06. The quantitative estimate of drug-likeness (QED) is 0.277. The van der Waals surface area contributed by atoms with Gasteiger partial charge in [0.15, 0.2) is 5.75 Å². The number of aromatic nitrogens is 4. The first-order chi connectivity index (χ1) is 22.1. The Morgan fingerprint density at radius 3 is 2.65 bits per heavy atom. The normalized spacial score (nSPS) is 20.8. The number of fused-ring (bicyclic) bond motifs is 3. The summed E-state index contributed by atoms with van der Waals surface area (Å²) in [5.74, 6) is 1.97. The van der Waals surface area contributed by atoms with Gasteiger partial charge in [0.05, 0.1) is 33.7 Å². The molecule has 0 spiro atoms. The molecule has 5 heterocycles. The van der Waals surface area contributed by atoms with Crippen molar-refractivity contribution in [3.63, 3.8) is 0 Å². The Labute approximate surface area is 273 Å². The van der Waals surface area contributed by atoms with Crippen LogP contribution in [0.15, 0.2) is 24.4 Å². The van der Waals surface area contributed by atoms with Crippen molar-refractivity contribution in [3.05, 3.63) is 35.0 Å². The maximum atomic E-state index is 13.1. The zero-order valence-electron chi connectivity index (χ0n) is 26.9. The van der Waals surface area contributed by atoms with Crippen LogP contribution in [-0.4, -0.2) is 99.1 Å². The number of likely N-dealkylation sites (tertiary alicyclic amines) is 1. The first-order valence-corrected chi connectivity index (χ1v) is 16.9. The molecule has 4 aromatic rings. The number of amides is 1. The molecular formula is C34H41ClN8O3. The molecular weight excluding hydrogens is 604 g/mol. The van der Waals surface area contributed by atoms with Crippen LogP contribution in [0.5, 0.6) is 5.75 Å². The van der Waals surface area contributed by atoms with E-state index < -0.39 is 5.60 Å². The van der Waals surface area contributed by atoms with E-state index in [0.29, 0.717) is 49.0 Å². The molecule has 0 bridgehead atoms. The van der Waals surface area contributed by atoms with Crippen molar-refractivity contribution >= 4 is 51.3 Å². The Balaban J connectivity index is 1.21. The number of carbonyl (C=O) groups excluding carboxylic acids is 1. The maximum absolute atomic E-state index is 13.1. The minimum absolute atomic E-state index is 0.139. The van der Waals surface area contributed by atoms with Gasteiger partial charge in [-0.15, -0.1) is 0 Å². The number of H-pyrrole nitrogens is 1. The molecule has 12 heteroatoms. The predicted octanol–water partition coefficient (Wildman–Crippen LogP) is 5.99. The molecule has 2 saturated heterocycles. The lowest BCUT2D eigenvalue weighted by Crippen LogP contribution is -2.57. The first-order valence-electron chi connectivity index (χ1n) is 16.5. The fourth-order valence-electron chi connectivity index (χ4n) is 7.27. The molecule has 0 unspecified atom stereocenters. The second-order valence-electron chi connectivity index (χ2n) is 14.2. The van der Waals surface area contributed by atoms with Crippen LogP contribution in [0.1, 0.15) is 52.0 Å². The topological polar surface area (TPSA) is 112 Å². The number of aromatic amines is 1. The third kappa shape index (κ3) is 5.37. The van der Waals surface area contributed by atoms with E-state index in [1.165, 1.54) is 12.8 Å². The van der Waals surface area contributed by atoms with Crippen molar-refractivity contribution in [2.45, 2.75) is 77.1 Å². The summed E-state index contributed by atoms with van der Waals surface area (Å²) in [7, 11) is 0. The molecule has 4 aliphatic rings. The number of halogens is 1. The highest BCUT2D eigenvalue weighted by molar-refractivity contribution is 6.37. The van der Waals surface area contributed by atoms with Crippen molar-refractivity contribution in [1.29, 1.82) is 0 Å². The van der Waals surface area contributed by atoms with Crippen LogP contribution in [0.4, 0.5) is 16.6 Å². The second-order valence-corrected chi connectivity index (χ2v) is 14.6. The average Bonchev–Trinajstić information content (AvgIpc) is 3.79. The molecule has 1 amide bonds. The van der Waals surface area contributed by atoms with E-state index in [1.54, 1.807) is 4.90 Å². The Morgan fingerprint density at radius 1 is 1.09 bits per heavy atom. The fourth-order valence-corrected chi connectivity index (χ4v) is 7.57. The Kier molecular flexibility index (Phi) is 7.17. The summed E-state index contributed by atoms with van der Waals surface area (Å²) in [5, 5.41) is 13.4. The standard InChI is InChI=1S/C34H41ClN8O3/c1-19-5-8-25-24(16-36-40-25)27(19)23-15-26-28-30(29(23)35)45-18-22-17-42(33(44)46-34(2,3)4)13-14-43(22)31(28)39-32(38-26)37-20-9-11-41(12-10-20)21-6-7-21/h5,8,15-16,20-22H,6-7,9-14,17-18H2,1-4H3,(H,36,40)(H,37,38,39)/t22-/m0/s1. The molecule has 1 saturated carbocycles. The fraction of sp³-hybridized carbons (Fsp3) is 0.529. The number of carbonyl (C=O) groups is 1. The van der Waals surface area contributed by atoms with Crippen molar-refractivity contribution < 1.29 is 14.3 Å². The number of hydrogen-bond acceptors (Lipinski definition) is 9. The first kappa shape index (κ1) is 29.6. The van der Waals surface area contributed by atoms with Crippen molar-refractivity contribution in [2.24, 2.45) is 0 Å². The molecule has 46 heavy (non-hydrogen) atoms. The SMILES string of the molecule is Cc1ccc2[nH]ncc2c1-c1cc2nc(NC3CCN(C4CC4)CC3)nc3c2c(c1Cl)OC[C@@H]1CN(C(=O)OC(C)(C)C)CCN31. The molecule has 2 N–H and O–H groups in total. The summed E-state index contributed by atoms with van der Waals surface area (Å²) in [6.07, 6.45) is 6.32. The predicted molar refractivity (Wildman–Crippen MR) is 180 cm³/mol. The highest BCUT2D eigenvalue weighted by Gasteiger charge is 2.38. The molecule has 2 aromatic heterocycles. The lowest BCUT2D eigenvalue weighted by Gasteiger charge is -2.41. The van der Waals surface area contributed by atoms with Crippen LogP contribution in [-0.2, 0) is 4.74 Å². The van der Waals surface area contributed by atoms with Gasteiger partial charge in [0.1, 0.15) is 18.0 Å². The molecule has 0 radical (unpaired) electrons. The molecule has 2 aromatic carbocycles. The van der Waals surface area contributed by atoms with Gasteiger partial charge in [-0.05, 0) is 76.6 Å². The van der Waals surface area contributed by atoms with Gasteiger partial charge in [-0.1, -0.05) is 17.7 Å². The second kappa shape index (κ2) is 11.2. The molecule has 3 fully saturated rings. The molecule has 11 nitrogen and oxygen atoms in total. The highest BCUT2D eigenvalue weighted by Crippen LogP contribution is 2.48. The number of ether oxygens (including phenoxy) is 2. The molecule has 8 rings (SSSR count). The van der Waals surface area contributed by atoms with Gasteiger partial charge in [0.2, 0.25) is 5.95 Å². The Bertz CT molecular complexity index is 1820. The number of piperazine rings is 1. The maximum Gasteiger partial charge on any atom is 0.410 e. The van der Waals surface area contributed by atoms with E-state index in [4.69, 9.17) is 31.0 Å². The summed E-state index contributed by atoms with van der Waals surface area (Å²) < 4.78 is 12.3. The van der Waals surface area contributed by atoms with Crippen LogP contribution in [0.2, 0.25) is 5.02 Å². The van der Waals surface area contributed by atoms with E-state index in [1.807, 2.05) is 33.0 Å². The third-order valence-electron chi connectivity index (χ3n) is 9.72. The van der Waals surface area contributed by atoms with Gasteiger partial charge in [-0.25, -0.2) is 9.78 Å². The minimum Gasteiger partial charge on any atom is -0.489 e. The summed E-state index contributed by atoms with van der Waals surface area (Å²) in [6.45, 7) is 11.8. The monoisotopic (exact) mass is 644 g/mol. The zero-order chi connectivity index (χ0) is 31.7. The van der Waals surface area contributed by atoms with Crippen LogP contribution in [0.25, 0.3) is 32.9 Å². The van der Waals surface area contributed by atoms with Crippen molar-refractivity contribution in [2.75, 3.05) is 49.5 Å². The number of piperidine rings is 1. The average molecular weight is 645 g/mol. The van der Waals surface area contributed by atoms with E-state index in [9.17, 15) is 4.79 Å². The minimum atomic E-state index is -0.571. The van der Waals surface area contributed by atoms with Gasteiger partial charge in [-0.3, -0.25) is 5.10 Å². The zero-order valence-corrected chi connectivity index (χ0v) is 27.7. The summed E-state index contributed by atoms with van der Waals surface area (Å²) >= 11 is 7.29. The van der Waals surface area contributed by atoms with Crippen LogP contribution < -0.4 is 15.0 Å². The Hall–Kier alpha value is -3.83. The van der Waals surface area contributed by atoms with Gasteiger partial charge in [0, 0.05) is 55.8 Å². The lowest BCUT2D eigenvalue weighted by molar-refractivity contribution is 0.0202. The lowest BCUT2D eigenvalue weighted by atomic mass is 9.95. The molecule has 242 valence electrons. The number of hydrogen-bond donors (Lipinski definition) is 2. The smallest absolute Gasteiger partial charge is 0.410 e. The Morgan fingerprint density at radius 2 is 1.89 bits per heavy atom. The number of anilines is 2. The van der Waals surface area contributed by atoms with E-state index in [2.05, 4.69) is 44.4 Å². The van der Waals surface area contributed by atoms with Gasteiger partial charge >= 0.3 is 6.09 Å². The van der Waals surface area contributed by atoms with E-state index >= 15 is 0 Å². The van der Waals surface area contributed by atoms with Gasteiger partial charge < -0.3 is 29.5 Å². The number of nitrogens with one attached hydrogen (secondary N) is 2. The largest absolute Gasteiger partial charge is 0.489 e. The molecule has 3 aliphatic heterocycles. The van der Waals surface area contributed by atoms with E-state index in [-0.39, 0.29) is 12.1 Å². The molecule has 1 aliphatic carbocycles. The van der Waals surface area contributed by atoms with Crippen LogP contribution >= 0.6 is 11.6 Å². The number of nitrogens with zero attached hydrogens (tertiary/aromatic N) is 6. The molecule has 1 atom stereocenters. The van der Waals surface area contributed by atoms with Gasteiger partial charge in [0.25, 0.3) is 0 Å². The summed E-state index contributed by atoms with van der Waals surface area (Å²) in [4.78, 5) is 30.0. The highest BCUT2D eigenvalue weighted by atomic mass is 35.5. The number of aryl methyl sites for hydroxylation is 1. The third-order valence-corrected chi connectivity index (χ3v) is 10.1. The van der Waals surface area contributed by atoms with Crippen LogP contribution in [0.3, 0.4) is 0 Å².